The van der Waals surface area contributed by atoms with Gasteiger partial charge in [0.25, 0.3) is 0 Å². The number of hydrogen-bond donors (Lipinski definition) is 1. The van der Waals surface area contributed by atoms with Crippen LogP contribution in [0.3, 0.4) is 0 Å². The Hall–Kier alpha value is -1.79. The number of alkyl halides is 3. The molecule has 1 heterocycles. The van der Waals surface area contributed by atoms with E-state index in [9.17, 15) is 18.0 Å². The van der Waals surface area contributed by atoms with Gasteiger partial charge in [-0.25, -0.2) is 4.98 Å². The molecule has 1 aliphatic carbocycles. The molecule has 1 aromatic rings. The van der Waals surface area contributed by atoms with Gasteiger partial charge in [-0.3, -0.25) is 4.79 Å². The van der Waals surface area contributed by atoms with Gasteiger partial charge < -0.3 is 10.1 Å². The lowest BCUT2D eigenvalue weighted by Gasteiger charge is -2.28. The fraction of sp³-hybridized carbons (Fsp3) is 0.571. The van der Waals surface area contributed by atoms with E-state index < -0.39 is 11.7 Å². The third-order valence-electron chi connectivity index (χ3n) is 3.70. The molecule has 0 unspecified atom stereocenters. The molecule has 2 rings (SSSR count). The predicted molar refractivity (Wildman–Crippen MR) is 70.6 cm³/mol. The van der Waals surface area contributed by atoms with E-state index in [4.69, 9.17) is 4.74 Å². The Morgan fingerprint density at radius 3 is 2.57 bits per heavy atom. The first-order chi connectivity index (χ1) is 9.90. The Labute approximate surface area is 120 Å². The van der Waals surface area contributed by atoms with Gasteiger partial charge in [-0.1, -0.05) is 0 Å². The molecule has 0 aliphatic heterocycles. The molecule has 21 heavy (non-hydrogen) atoms. The van der Waals surface area contributed by atoms with Crippen LogP contribution in [0, 0.1) is 5.92 Å². The van der Waals surface area contributed by atoms with Crippen LogP contribution in [0.25, 0.3) is 0 Å². The van der Waals surface area contributed by atoms with Crippen molar-refractivity contribution in [1.82, 2.24) is 4.98 Å². The number of halogens is 3. The molecule has 1 saturated carbocycles. The Morgan fingerprint density at radius 1 is 1.33 bits per heavy atom. The van der Waals surface area contributed by atoms with Crippen LogP contribution in [-0.4, -0.2) is 24.1 Å². The summed E-state index contributed by atoms with van der Waals surface area (Å²) in [6, 6.07) is 1.98. The molecule has 0 saturated heterocycles. The summed E-state index contributed by atoms with van der Waals surface area (Å²) in [6.45, 7) is 0. The van der Waals surface area contributed by atoms with E-state index in [1.54, 1.807) is 0 Å². The van der Waals surface area contributed by atoms with Gasteiger partial charge in [0.1, 0.15) is 5.82 Å². The number of esters is 1. The Morgan fingerprint density at radius 2 is 2.00 bits per heavy atom. The summed E-state index contributed by atoms with van der Waals surface area (Å²) in [6.07, 6.45) is -0.477. The molecule has 0 spiro atoms. The molecule has 116 valence electrons. The first-order valence-electron chi connectivity index (χ1n) is 6.77. The van der Waals surface area contributed by atoms with Gasteiger partial charge in [0.05, 0.1) is 18.6 Å². The highest BCUT2D eigenvalue weighted by molar-refractivity contribution is 5.72. The first-order valence-corrected chi connectivity index (χ1v) is 6.77. The largest absolute Gasteiger partial charge is 0.469 e. The highest BCUT2D eigenvalue weighted by atomic mass is 19.4. The zero-order valence-electron chi connectivity index (χ0n) is 11.6. The number of nitrogens with zero attached hydrogens (tertiary/aromatic N) is 1. The van der Waals surface area contributed by atoms with E-state index in [1.165, 1.54) is 7.11 Å². The van der Waals surface area contributed by atoms with Gasteiger partial charge in [-0.05, 0) is 37.8 Å². The second-order valence-electron chi connectivity index (χ2n) is 5.14. The average molecular weight is 302 g/mol. The summed E-state index contributed by atoms with van der Waals surface area (Å²) in [4.78, 5) is 15.3. The molecule has 1 fully saturated rings. The van der Waals surface area contributed by atoms with E-state index in [0.29, 0.717) is 25.7 Å². The van der Waals surface area contributed by atoms with Gasteiger partial charge in [0.2, 0.25) is 0 Å². The summed E-state index contributed by atoms with van der Waals surface area (Å²) < 4.78 is 42.6. The minimum atomic E-state index is -4.37. The lowest BCUT2D eigenvalue weighted by molar-refractivity contribution is -0.146. The van der Waals surface area contributed by atoms with Gasteiger partial charge in [-0.2, -0.15) is 13.2 Å². The number of ether oxygens (including phenoxy) is 1. The zero-order chi connectivity index (χ0) is 15.5. The SMILES string of the molecule is COC(=O)C1CCC(Nc2cc(C(F)(F)F)ccn2)CC1. The van der Waals surface area contributed by atoms with Crippen molar-refractivity contribution in [2.24, 2.45) is 5.92 Å². The Kier molecular flexibility index (Phi) is 4.69. The fourth-order valence-corrected chi connectivity index (χ4v) is 2.54. The number of nitrogens with one attached hydrogen (secondary N) is 1. The van der Waals surface area contributed by atoms with E-state index >= 15 is 0 Å². The molecule has 1 aliphatic rings. The number of methoxy groups -OCH3 is 1. The van der Waals surface area contributed by atoms with Crippen LogP contribution in [0.2, 0.25) is 0 Å². The number of aromatic nitrogens is 1. The van der Waals surface area contributed by atoms with Gasteiger partial charge >= 0.3 is 12.1 Å². The van der Waals surface area contributed by atoms with Gasteiger partial charge in [0, 0.05) is 12.2 Å². The van der Waals surface area contributed by atoms with Crippen LogP contribution in [0.5, 0.6) is 0 Å². The molecule has 7 heteroatoms. The number of hydrogen-bond acceptors (Lipinski definition) is 4. The molecule has 4 nitrogen and oxygen atoms in total. The van der Waals surface area contributed by atoms with Gasteiger partial charge in [0.15, 0.2) is 0 Å². The lowest BCUT2D eigenvalue weighted by Crippen LogP contribution is -2.30. The predicted octanol–water partition coefficient (Wildman–Crippen LogP) is 3.24. The third kappa shape index (κ3) is 4.09. The monoisotopic (exact) mass is 302 g/mol. The molecule has 0 atom stereocenters. The summed E-state index contributed by atoms with van der Waals surface area (Å²) in [5.74, 6) is -0.112. The highest BCUT2D eigenvalue weighted by Crippen LogP contribution is 2.31. The Balaban J connectivity index is 1.93. The second-order valence-corrected chi connectivity index (χ2v) is 5.14. The van der Waals surface area contributed by atoms with Crippen molar-refractivity contribution < 1.29 is 22.7 Å². The molecular weight excluding hydrogens is 285 g/mol. The Bertz CT molecular complexity index is 497. The number of rotatable bonds is 3. The molecule has 1 aromatic heterocycles. The van der Waals surface area contributed by atoms with Gasteiger partial charge in [-0.15, -0.1) is 0 Å². The standard InChI is InChI=1S/C14H17F3N2O2/c1-21-13(20)9-2-4-11(5-3-9)19-12-8-10(6-7-18-12)14(15,16)17/h6-9,11H,2-5H2,1H3,(H,18,19). The summed E-state index contributed by atoms with van der Waals surface area (Å²) >= 11 is 0. The summed E-state index contributed by atoms with van der Waals surface area (Å²) in [5.41, 5.74) is -0.719. The van der Waals surface area contributed by atoms with E-state index in [2.05, 4.69) is 10.3 Å². The molecule has 0 amide bonds. The van der Waals surface area contributed by atoms with Crippen LogP contribution in [0.1, 0.15) is 31.2 Å². The molecule has 1 N–H and O–H groups in total. The van der Waals surface area contributed by atoms with Crippen LogP contribution < -0.4 is 5.32 Å². The number of anilines is 1. The molecule has 0 bridgehead atoms. The number of carbonyl (C=O) groups is 1. The van der Waals surface area contributed by atoms with Crippen molar-refractivity contribution in [2.45, 2.75) is 37.9 Å². The zero-order valence-corrected chi connectivity index (χ0v) is 11.6. The van der Waals surface area contributed by atoms with Crippen LogP contribution >= 0.6 is 0 Å². The highest BCUT2D eigenvalue weighted by Gasteiger charge is 2.31. The number of carbonyl (C=O) groups excluding carboxylic acids is 1. The first kappa shape index (κ1) is 15.6. The van der Waals surface area contributed by atoms with E-state index in [-0.39, 0.29) is 23.7 Å². The van der Waals surface area contributed by atoms with E-state index in [1.807, 2.05) is 0 Å². The molecule has 0 radical (unpaired) electrons. The third-order valence-corrected chi connectivity index (χ3v) is 3.70. The molecular formula is C14H17F3N2O2. The van der Waals surface area contributed by atoms with Crippen LogP contribution in [-0.2, 0) is 15.7 Å². The average Bonchev–Trinajstić information content (AvgIpc) is 2.47. The van der Waals surface area contributed by atoms with Crippen molar-refractivity contribution in [3.05, 3.63) is 23.9 Å². The van der Waals surface area contributed by atoms with Crippen molar-refractivity contribution >= 4 is 11.8 Å². The van der Waals surface area contributed by atoms with E-state index in [0.717, 1.165) is 18.3 Å². The summed E-state index contributed by atoms with van der Waals surface area (Å²) in [5, 5.41) is 3.01. The van der Waals surface area contributed by atoms with Crippen LogP contribution in [0.4, 0.5) is 19.0 Å². The fourth-order valence-electron chi connectivity index (χ4n) is 2.54. The minimum Gasteiger partial charge on any atom is -0.469 e. The maximum Gasteiger partial charge on any atom is 0.416 e. The van der Waals surface area contributed by atoms with Crippen molar-refractivity contribution in [3.8, 4) is 0 Å². The lowest BCUT2D eigenvalue weighted by atomic mass is 9.86. The minimum absolute atomic E-state index is 0.0295. The maximum atomic E-state index is 12.6. The van der Waals surface area contributed by atoms with Crippen molar-refractivity contribution in [2.75, 3.05) is 12.4 Å². The van der Waals surface area contributed by atoms with Crippen LogP contribution in [0.15, 0.2) is 18.3 Å². The number of pyridine rings is 1. The normalized spacial score (nSPS) is 22.7. The quantitative estimate of drug-likeness (QED) is 0.871. The van der Waals surface area contributed by atoms with Crippen molar-refractivity contribution in [3.63, 3.8) is 0 Å². The summed E-state index contributed by atoms with van der Waals surface area (Å²) in [7, 11) is 1.36. The smallest absolute Gasteiger partial charge is 0.416 e. The maximum absolute atomic E-state index is 12.6. The topological polar surface area (TPSA) is 51.2 Å². The van der Waals surface area contributed by atoms with Crippen molar-refractivity contribution in [1.29, 1.82) is 0 Å². The second kappa shape index (κ2) is 6.32. The molecule has 0 aromatic carbocycles.